The van der Waals surface area contributed by atoms with E-state index in [2.05, 4.69) is 54.2 Å². The van der Waals surface area contributed by atoms with E-state index in [0.717, 1.165) is 12.3 Å². The Labute approximate surface area is 134 Å². The van der Waals surface area contributed by atoms with Crippen LogP contribution in [0.2, 0.25) is 0 Å². The topological polar surface area (TPSA) is 0 Å². The smallest absolute Gasteiger partial charge is 0.0237 e. The van der Waals surface area contributed by atoms with Crippen molar-refractivity contribution in [1.29, 1.82) is 0 Å². The molecule has 0 aliphatic carbocycles. The van der Waals surface area contributed by atoms with Crippen LogP contribution in [-0.2, 0) is 0 Å². The molecule has 0 aliphatic rings. The second kappa shape index (κ2) is 31.1. The molecule has 0 radical (unpaired) electrons. The highest BCUT2D eigenvalue weighted by Crippen LogP contribution is 2.13. The molecule has 0 amide bonds. The van der Waals surface area contributed by atoms with Gasteiger partial charge in [0.05, 0.1) is 0 Å². The summed E-state index contributed by atoms with van der Waals surface area (Å²) in [5.74, 6) is 0.722. The largest absolute Gasteiger partial charge is 0.0996 e. The van der Waals surface area contributed by atoms with Crippen molar-refractivity contribution in [3.8, 4) is 0 Å². The third-order valence-corrected chi connectivity index (χ3v) is 2.87. The molecule has 1 unspecified atom stereocenters. The van der Waals surface area contributed by atoms with Crippen molar-refractivity contribution in [2.75, 3.05) is 0 Å². The summed E-state index contributed by atoms with van der Waals surface area (Å²) in [5, 5.41) is 0. The van der Waals surface area contributed by atoms with Crippen molar-refractivity contribution in [3.63, 3.8) is 0 Å². The number of allylic oxidation sites excluding steroid dienone is 3. The maximum atomic E-state index is 3.94. The zero-order valence-electron chi connectivity index (χ0n) is 11.7. The number of hydrogen-bond acceptors (Lipinski definition) is 0. The lowest BCUT2D eigenvalue weighted by atomic mass is 9.98. The molecular weight excluding hydrogens is 240 g/mol. The normalized spacial score (nSPS) is 9.60. The predicted molar refractivity (Wildman–Crippen MR) is 107 cm³/mol. The Morgan fingerprint density at radius 2 is 1.30 bits per heavy atom. The van der Waals surface area contributed by atoms with E-state index in [9.17, 15) is 0 Å². The van der Waals surface area contributed by atoms with Gasteiger partial charge < -0.3 is 0 Å². The third kappa shape index (κ3) is 30.5. The van der Waals surface area contributed by atoms with Crippen molar-refractivity contribution < 1.29 is 0 Å². The van der Waals surface area contributed by atoms with E-state index in [1.54, 1.807) is 0 Å². The van der Waals surface area contributed by atoms with Crippen LogP contribution in [-0.4, -0.2) is 0 Å². The van der Waals surface area contributed by atoms with Crippen molar-refractivity contribution >= 4 is 0 Å². The molecule has 0 heteroatoms. The fourth-order valence-corrected chi connectivity index (χ4v) is 1.13. The minimum absolute atomic E-state index is 0. The molecule has 0 nitrogen and oxygen atoms in total. The van der Waals surface area contributed by atoms with Crippen LogP contribution in [0.5, 0.6) is 0 Å². The van der Waals surface area contributed by atoms with Crippen LogP contribution in [0.3, 0.4) is 0 Å². The van der Waals surface area contributed by atoms with Gasteiger partial charge in [-0.15, -0.1) is 0 Å². The van der Waals surface area contributed by atoms with Crippen LogP contribution < -0.4 is 0 Å². The third-order valence-electron chi connectivity index (χ3n) is 2.87. The highest BCUT2D eigenvalue weighted by molar-refractivity contribution is 4.96. The number of rotatable bonds is 5. The SMILES string of the molecule is C.C.C.C.C.C=C(CC)C(C)CC.CCC=C(C)CC. The Morgan fingerprint density at radius 1 is 0.900 bits per heavy atom. The highest BCUT2D eigenvalue weighted by atomic mass is 14.0. The maximum absolute atomic E-state index is 3.94. The molecule has 20 heavy (non-hydrogen) atoms. The molecule has 0 rings (SSSR count). The zero-order valence-corrected chi connectivity index (χ0v) is 11.7. The van der Waals surface area contributed by atoms with E-state index >= 15 is 0 Å². The summed E-state index contributed by atoms with van der Waals surface area (Å²) in [5.41, 5.74) is 2.88. The van der Waals surface area contributed by atoms with Crippen LogP contribution in [0.4, 0.5) is 0 Å². The summed E-state index contributed by atoms with van der Waals surface area (Å²) in [6.45, 7) is 17.1. The van der Waals surface area contributed by atoms with Gasteiger partial charge in [0.25, 0.3) is 0 Å². The summed E-state index contributed by atoms with van der Waals surface area (Å²) >= 11 is 0. The average molecular weight is 291 g/mol. The Balaban J connectivity index is -0.0000000272. The van der Waals surface area contributed by atoms with Crippen LogP contribution in [0.1, 0.15) is 104 Å². The van der Waals surface area contributed by atoms with Crippen molar-refractivity contribution in [1.82, 2.24) is 0 Å². The minimum atomic E-state index is 0. The van der Waals surface area contributed by atoms with Gasteiger partial charge in [-0.3, -0.25) is 0 Å². The van der Waals surface area contributed by atoms with Crippen molar-refractivity contribution in [3.05, 3.63) is 23.8 Å². The fourth-order valence-electron chi connectivity index (χ4n) is 1.13. The molecule has 0 saturated carbocycles. The Kier molecular flexibility index (Phi) is 66.4. The Morgan fingerprint density at radius 3 is 1.40 bits per heavy atom. The highest BCUT2D eigenvalue weighted by Gasteiger charge is 1.98. The van der Waals surface area contributed by atoms with E-state index in [-0.39, 0.29) is 37.1 Å². The molecule has 0 spiro atoms. The molecule has 0 aromatic heterocycles. The van der Waals surface area contributed by atoms with E-state index in [4.69, 9.17) is 0 Å². The Hall–Kier alpha value is -0.520. The van der Waals surface area contributed by atoms with Gasteiger partial charge in [0, 0.05) is 0 Å². The lowest BCUT2D eigenvalue weighted by molar-refractivity contribution is 0.636. The minimum Gasteiger partial charge on any atom is -0.0996 e. The van der Waals surface area contributed by atoms with Gasteiger partial charge in [-0.05, 0) is 38.5 Å². The lowest BCUT2D eigenvalue weighted by Crippen LogP contribution is -1.93. The quantitative estimate of drug-likeness (QED) is 0.443. The van der Waals surface area contributed by atoms with Gasteiger partial charge in [-0.1, -0.05) is 95.6 Å². The molecule has 0 heterocycles. The van der Waals surface area contributed by atoms with Gasteiger partial charge >= 0.3 is 0 Å². The first-order chi connectivity index (χ1) is 7.03. The molecule has 0 bridgehead atoms. The summed E-state index contributed by atoms with van der Waals surface area (Å²) in [4.78, 5) is 0. The molecule has 0 aromatic carbocycles. The van der Waals surface area contributed by atoms with Crippen LogP contribution in [0.15, 0.2) is 23.8 Å². The van der Waals surface area contributed by atoms with Crippen LogP contribution in [0, 0.1) is 5.92 Å². The zero-order chi connectivity index (χ0) is 12.3. The molecule has 0 saturated heterocycles. The summed E-state index contributed by atoms with van der Waals surface area (Å²) in [6, 6.07) is 0. The second-order valence-corrected chi connectivity index (χ2v) is 4.13. The van der Waals surface area contributed by atoms with Gasteiger partial charge in [-0.25, -0.2) is 0 Å². The first kappa shape index (κ1) is 42.7. The molecule has 0 N–H and O–H groups in total. The molecule has 1 atom stereocenters. The molecule has 130 valence electrons. The Bertz CT molecular complexity index is 174. The van der Waals surface area contributed by atoms with E-state index in [1.807, 2.05) is 0 Å². The summed E-state index contributed by atoms with van der Waals surface area (Å²) < 4.78 is 0. The average Bonchev–Trinajstić information content (AvgIpc) is 2.27. The van der Waals surface area contributed by atoms with Crippen molar-refractivity contribution in [2.45, 2.75) is 104 Å². The molecule has 0 aromatic rings. The van der Waals surface area contributed by atoms with E-state index in [1.165, 1.54) is 30.4 Å². The predicted octanol–water partition coefficient (Wildman–Crippen LogP) is 8.93. The standard InChI is InChI=1S/C8H16.C7H14.5CH4/c1-5-7(3)8(4)6-2;1-4-6-7(3)5-2;;;;;/h8H,3,5-6H2,1-2,4H3;6H,4-5H2,1-3H3;5*1H4. The molecular formula is C20H50. The lowest BCUT2D eigenvalue weighted by Gasteiger charge is -2.08. The van der Waals surface area contributed by atoms with Gasteiger partial charge in [0.15, 0.2) is 0 Å². The van der Waals surface area contributed by atoms with E-state index in [0.29, 0.717) is 0 Å². The number of hydrogen-bond donors (Lipinski definition) is 0. The van der Waals surface area contributed by atoms with Crippen LogP contribution >= 0.6 is 0 Å². The van der Waals surface area contributed by atoms with Gasteiger partial charge in [0.2, 0.25) is 0 Å². The fraction of sp³-hybridized carbons (Fsp3) is 0.800. The van der Waals surface area contributed by atoms with E-state index < -0.39 is 0 Å². The van der Waals surface area contributed by atoms with Crippen molar-refractivity contribution in [2.24, 2.45) is 5.92 Å². The van der Waals surface area contributed by atoms with Gasteiger partial charge in [0.1, 0.15) is 0 Å². The summed E-state index contributed by atoms with van der Waals surface area (Å²) in [6.07, 6.45) is 7.01. The second-order valence-electron chi connectivity index (χ2n) is 4.13. The first-order valence-corrected chi connectivity index (χ1v) is 6.36. The van der Waals surface area contributed by atoms with Gasteiger partial charge in [-0.2, -0.15) is 0 Å². The monoisotopic (exact) mass is 290 g/mol. The molecule has 0 aliphatic heterocycles. The summed E-state index contributed by atoms with van der Waals surface area (Å²) in [7, 11) is 0. The van der Waals surface area contributed by atoms with Crippen LogP contribution in [0.25, 0.3) is 0 Å². The maximum Gasteiger partial charge on any atom is -0.0237 e. The molecule has 0 fully saturated rings. The first-order valence-electron chi connectivity index (χ1n) is 6.36.